The van der Waals surface area contributed by atoms with E-state index >= 15 is 0 Å². The number of amides is 1. The van der Waals surface area contributed by atoms with E-state index in [0.29, 0.717) is 26.3 Å². The van der Waals surface area contributed by atoms with Crippen LogP contribution in [0.5, 0.6) is 0 Å². The van der Waals surface area contributed by atoms with E-state index in [1.54, 1.807) is 25.2 Å². The van der Waals surface area contributed by atoms with Crippen molar-refractivity contribution in [2.45, 2.75) is 6.42 Å². The van der Waals surface area contributed by atoms with Crippen LogP contribution in [0.1, 0.15) is 12.0 Å². The van der Waals surface area contributed by atoms with Crippen molar-refractivity contribution in [3.63, 3.8) is 0 Å². The number of carbonyl (C=O) groups excluding carboxylic acids is 1. The lowest BCUT2D eigenvalue weighted by molar-refractivity contribution is -0.126. The third-order valence-corrected chi connectivity index (χ3v) is 3.69. The summed E-state index contributed by atoms with van der Waals surface area (Å²) in [6.45, 7) is 2.42. The van der Waals surface area contributed by atoms with Crippen LogP contribution in [0.3, 0.4) is 0 Å². The lowest BCUT2D eigenvalue weighted by Gasteiger charge is -2.20. The fraction of sp³-hybridized carbons (Fsp3) is 0.438. The SMILES string of the molecule is COCCCN(CCOC)C(=O)C=Cc1ccccc1Br. The van der Waals surface area contributed by atoms with Crippen molar-refractivity contribution in [3.8, 4) is 0 Å². The number of hydrogen-bond acceptors (Lipinski definition) is 3. The smallest absolute Gasteiger partial charge is 0.246 e. The predicted molar refractivity (Wildman–Crippen MR) is 88.1 cm³/mol. The second-order valence-electron chi connectivity index (χ2n) is 4.52. The quantitative estimate of drug-likeness (QED) is 0.504. The van der Waals surface area contributed by atoms with Crippen molar-refractivity contribution >= 4 is 27.9 Å². The van der Waals surface area contributed by atoms with Gasteiger partial charge in [0.25, 0.3) is 0 Å². The van der Waals surface area contributed by atoms with Crippen LogP contribution in [0.2, 0.25) is 0 Å². The lowest BCUT2D eigenvalue weighted by atomic mass is 10.2. The van der Waals surface area contributed by atoms with E-state index in [9.17, 15) is 4.79 Å². The molecule has 1 amide bonds. The molecule has 5 heteroatoms. The van der Waals surface area contributed by atoms with Gasteiger partial charge in [0.2, 0.25) is 5.91 Å². The topological polar surface area (TPSA) is 38.8 Å². The van der Waals surface area contributed by atoms with Crippen molar-refractivity contribution in [3.05, 3.63) is 40.4 Å². The highest BCUT2D eigenvalue weighted by atomic mass is 79.9. The number of hydrogen-bond donors (Lipinski definition) is 0. The molecule has 0 aliphatic rings. The van der Waals surface area contributed by atoms with Gasteiger partial charge in [-0.2, -0.15) is 0 Å². The number of nitrogens with zero attached hydrogens (tertiary/aromatic N) is 1. The van der Waals surface area contributed by atoms with Gasteiger partial charge in [-0.1, -0.05) is 34.1 Å². The Kier molecular flexibility index (Phi) is 8.98. The Hall–Kier alpha value is -1.17. The van der Waals surface area contributed by atoms with Gasteiger partial charge in [0.05, 0.1) is 6.61 Å². The highest BCUT2D eigenvalue weighted by molar-refractivity contribution is 9.10. The molecular weight excluding hydrogens is 334 g/mol. The monoisotopic (exact) mass is 355 g/mol. The fourth-order valence-corrected chi connectivity index (χ4v) is 2.23. The first-order valence-electron chi connectivity index (χ1n) is 6.88. The molecule has 0 bridgehead atoms. The van der Waals surface area contributed by atoms with Gasteiger partial charge >= 0.3 is 0 Å². The van der Waals surface area contributed by atoms with Crippen molar-refractivity contribution in [1.82, 2.24) is 4.90 Å². The zero-order chi connectivity index (χ0) is 15.5. The van der Waals surface area contributed by atoms with E-state index in [0.717, 1.165) is 16.5 Å². The highest BCUT2D eigenvalue weighted by Gasteiger charge is 2.10. The molecule has 1 aromatic rings. The first kappa shape index (κ1) is 17.9. The van der Waals surface area contributed by atoms with Gasteiger partial charge in [-0.25, -0.2) is 0 Å². The molecule has 1 rings (SSSR count). The maximum atomic E-state index is 12.3. The van der Waals surface area contributed by atoms with Crippen molar-refractivity contribution in [2.24, 2.45) is 0 Å². The van der Waals surface area contributed by atoms with Crippen LogP contribution >= 0.6 is 15.9 Å². The van der Waals surface area contributed by atoms with E-state index in [4.69, 9.17) is 9.47 Å². The molecule has 0 fully saturated rings. The van der Waals surface area contributed by atoms with Gasteiger partial charge in [0, 0.05) is 44.5 Å². The van der Waals surface area contributed by atoms with Crippen LogP contribution in [-0.2, 0) is 14.3 Å². The Labute approximate surface area is 134 Å². The van der Waals surface area contributed by atoms with Gasteiger partial charge in [0.1, 0.15) is 0 Å². The summed E-state index contributed by atoms with van der Waals surface area (Å²) in [5, 5.41) is 0. The molecule has 0 aliphatic carbocycles. The van der Waals surface area contributed by atoms with Crippen LogP contribution in [0.25, 0.3) is 6.08 Å². The molecule has 0 heterocycles. The molecule has 116 valence electrons. The zero-order valence-corrected chi connectivity index (χ0v) is 14.1. The Balaban J connectivity index is 2.64. The Morgan fingerprint density at radius 2 is 1.90 bits per heavy atom. The van der Waals surface area contributed by atoms with Crippen LogP contribution in [0.15, 0.2) is 34.8 Å². The predicted octanol–water partition coefficient (Wildman–Crippen LogP) is 2.97. The normalized spacial score (nSPS) is 11.0. The third kappa shape index (κ3) is 6.89. The molecule has 1 aromatic carbocycles. The van der Waals surface area contributed by atoms with Gasteiger partial charge in [-0.3, -0.25) is 4.79 Å². The number of rotatable bonds is 9. The maximum Gasteiger partial charge on any atom is 0.246 e. The summed E-state index contributed by atoms with van der Waals surface area (Å²) in [5.41, 5.74) is 0.981. The first-order chi connectivity index (χ1) is 10.2. The largest absolute Gasteiger partial charge is 0.385 e. The number of carbonyl (C=O) groups is 1. The average Bonchev–Trinajstić information content (AvgIpc) is 2.49. The number of methoxy groups -OCH3 is 2. The molecule has 0 saturated heterocycles. The average molecular weight is 356 g/mol. The second kappa shape index (κ2) is 10.5. The summed E-state index contributed by atoms with van der Waals surface area (Å²) in [4.78, 5) is 14.0. The summed E-state index contributed by atoms with van der Waals surface area (Å²) < 4.78 is 11.1. The minimum Gasteiger partial charge on any atom is -0.385 e. The first-order valence-corrected chi connectivity index (χ1v) is 7.67. The number of halogens is 1. The third-order valence-electron chi connectivity index (χ3n) is 2.96. The van der Waals surface area contributed by atoms with Crippen molar-refractivity contribution in [2.75, 3.05) is 40.5 Å². The van der Waals surface area contributed by atoms with Crippen LogP contribution < -0.4 is 0 Å². The van der Waals surface area contributed by atoms with E-state index < -0.39 is 0 Å². The van der Waals surface area contributed by atoms with Crippen LogP contribution in [-0.4, -0.2) is 51.3 Å². The van der Waals surface area contributed by atoms with Gasteiger partial charge < -0.3 is 14.4 Å². The molecule has 4 nitrogen and oxygen atoms in total. The Morgan fingerprint density at radius 1 is 1.19 bits per heavy atom. The van der Waals surface area contributed by atoms with E-state index in [1.807, 2.05) is 30.3 Å². The Bertz CT molecular complexity index is 463. The zero-order valence-electron chi connectivity index (χ0n) is 12.5. The lowest BCUT2D eigenvalue weighted by Crippen LogP contribution is -2.34. The van der Waals surface area contributed by atoms with Crippen LogP contribution in [0.4, 0.5) is 0 Å². The summed E-state index contributed by atoms with van der Waals surface area (Å²) in [6, 6.07) is 7.79. The highest BCUT2D eigenvalue weighted by Crippen LogP contribution is 2.17. The number of benzene rings is 1. The molecule has 0 N–H and O–H groups in total. The minimum absolute atomic E-state index is 0.0149. The Morgan fingerprint density at radius 3 is 2.57 bits per heavy atom. The molecule has 0 aliphatic heterocycles. The van der Waals surface area contributed by atoms with E-state index in [-0.39, 0.29) is 5.91 Å². The summed E-state index contributed by atoms with van der Waals surface area (Å²) in [7, 11) is 3.29. The fourth-order valence-electron chi connectivity index (χ4n) is 1.81. The molecule has 0 radical (unpaired) electrons. The molecule has 0 unspecified atom stereocenters. The summed E-state index contributed by atoms with van der Waals surface area (Å²) in [5.74, 6) is -0.0149. The maximum absolute atomic E-state index is 12.3. The van der Waals surface area contributed by atoms with Gasteiger partial charge in [-0.05, 0) is 24.1 Å². The summed E-state index contributed by atoms with van der Waals surface area (Å²) in [6.07, 6.45) is 4.24. The standard InChI is InChI=1S/C16H22BrNO3/c1-20-12-5-10-18(11-13-21-2)16(19)9-8-14-6-3-4-7-15(14)17/h3-4,6-9H,5,10-13H2,1-2H3. The minimum atomic E-state index is -0.0149. The van der Waals surface area contributed by atoms with Crippen LogP contribution in [0, 0.1) is 0 Å². The van der Waals surface area contributed by atoms with Gasteiger partial charge in [-0.15, -0.1) is 0 Å². The second-order valence-corrected chi connectivity index (χ2v) is 5.37. The molecule has 21 heavy (non-hydrogen) atoms. The number of ether oxygens (including phenoxy) is 2. The summed E-state index contributed by atoms with van der Waals surface area (Å²) >= 11 is 3.46. The van der Waals surface area contributed by atoms with Crippen molar-refractivity contribution in [1.29, 1.82) is 0 Å². The molecule has 0 saturated carbocycles. The van der Waals surface area contributed by atoms with E-state index in [1.165, 1.54) is 0 Å². The van der Waals surface area contributed by atoms with Crippen molar-refractivity contribution < 1.29 is 14.3 Å². The van der Waals surface area contributed by atoms with Gasteiger partial charge in [0.15, 0.2) is 0 Å². The molecular formula is C16H22BrNO3. The molecule has 0 atom stereocenters. The molecule has 0 aromatic heterocycles. The molecule has 0 spiro atoms. The van der Waals surface area contributed by atoms with E-state index in [2.05, 4.69) is 15.9 Å².